The molecule has 0 aromatic heterocycles. The summed E-state index contributed by atoms with van der Waals surface area (Å²) in [5, 5.41) is 9.51. The van der Waals surface area contributed by atoms with E-state index in [0.717, 1.165) is 5.56 Å². The lowest BCUT2D eigenvalue weighted by atomic mass is 10.1. The summed E-state index contributed by atoms with van der Waals surface area (Å²) in [7, 11) is -1.64. The van der Waals surface area contributed by atoms with E-state index in [4.69, 9.17) is 21.3 Å². The maximum absolute atomic E-state index is 8.81. The van der Waals surface area contributed by atoms with Crippen LogP contribution in [0.15, 0.2) is 24.3 Å². The van der Waals surface area contributed by atoms with Gasteiger partial charge in [-0.25, -0.2) is 0 Å². The van der Waals surface area contributed by atoms with Gasteiger partial charge in [-0.2, -0.15) is 5.26 Å². The van der Waals surface area contributed by atoms with Gasteiger partial charge in [0.25, 0.3) is 0 Å². The fourth-order valence-corrected chi connectivity index (χ4v) is 2.61. The molecular formula is C12H16ClNOSi. The lowest BCUT2D eigenvalue weighted by Crippen LogP contribution is -2.27. The lowest BCUT2D eigenvalue weighted by Gasteiger charge is -2.25. The Morgan fingerprint density at radius 1 is 1.31 bits per heavy atom. The molecule has 0 spiro atoms. The van der Waals surface area contributed by atoms with Gasteiger partial charge in [0.2, 0.25) is 0 Å². The second-order valence-electron chi connectivity index (χ2n) is 4.63. The highest BCUT2D eigenvalue weighted by Crippen LogP contribution is 2.26. The van der Waals surface area contributed by atoms with Gasteiger partial charge in [0.15, 0.2) is 8.32 Å². The second kappa shape index (κ2) is 5.49. The predicted molar refractivity (Wildman–Crippen MR) is 68.9 cm³/mol. The minimum absolute atomic E-state index is 0.131. The van der Waals surface area contributed by atoms with E-state index in [0.29, 0.717) is 11.4 Å². The van der Waals surface area contributed by atoms with Crippen molar-refractivity contribution in [1.29, 1.82) is 5.26 Å². The minimum atomic E-state index is -1.64. The van der Waals surface area contributed by atoms with Gasteiger partial charge >= 0.3 is 0 Å². The molecule has 1 aromatic carbocycles. The first-order valence-electron chi connectivity index (χ1n) is 5.22. The Morgan fingerprint density at radius 2 is 1.88 bits per heavy atom. The van der Waals surface area contributed by atoms with Gasteiger partial charge in [-0.1, -0.05) is 23.7 Å². The third-order valence-electron chi connectivity index (χ3n) is 2.01. The fourth-order valence-electron chi connectivity index (χ4n) is 1.41. The summed E-state index contributed by atoms with van der Waals surface area (Å²) in [4.78, 5) is 0. The molecule has 1 aromatic rings. The summed E-state index contributed by atoms with van der Waals surface area (Å²) in [6.45, 7) is 6.36. The van der Waals surface area contributed by atoms with Crippen LogP contribution in [-0.2, 0) is 4.43 Å². The summed E-state index contributed by atoms with van der Waals surface area (Å²) < 4.78 is 5.98. The van der Waals surface area contributed by atoms with Gasteiger partial charge in [-0.3, -0.25) is 0 Å². The Morgan fingerprint density at radius 3 is 2.31 bits per heavy atom. The van der Waals surface area contributed by atoms with E-state index in [-0.39, 0.29) is 6.10 Å². The summed E-state index contributed by atoms with van der Waals surface area (Å²) >= 11 is 5.83. The molecular weight excluding hydrogens is 238 g/mol. The first-order chi connectivity index (χ1) is 7.42. The van der Waals surface area contributed by atoms with Gasteiger partial charge in [-0.05, 0) is 37.3 Å². The average Bonchev–Trinajstić information content (AvgIpc) is 2.16. The van der Waals surface area contributed by atoms with Crippen molar-refractivity contribution >= 4 is 19.9 Å². The van der Waals surface area contributed by atoms with E-state index < -0.39 is 8.32 Å². The second-order valence-corrected chi connectivity index (χ2v) is 9.53. The standard InChI is InChI=1S/C12H16ClNOSi/c1-16(2,3)15-12(8-9-14)10-4-6-11(13)7-5-10/h4-7,12H,8H2,1-3H3/t12-/m0/s1. The number of benzene rings is 1. The largest absolute Gasteiger partial charge is 0.410 e. The van der Waals surface area contributed by atoms with Crippen molar-refractivity contribution in [2.24, 2.45) is 0 Å². The average molecular weight is 254 g/mol. The van der Waals surface area contributed by atoms with Crippen LogP contribution in [0.4, 0.5) is 0 Å². The number of nitrogens with zero attached hydrogens (tertiary/aromatic N) is 1. The smallest absolute Gasteiger partial charge is 0.184 e. The molecule has 0 heterocycles. The Balaban J connectivity index is 2.86. The maximum Gasteiger partial charge on any atom is 0.184 e. The molecule has 2 nitrogen and oxygen atoms in total. The van der Waals surface area contributed by atoms with Crippen LogP contribution >= 0.6 is 11.6 Å². The fraction of sp³-hybridized carbons (Fsp3) is 0.417. The number of halogens is 1. The van der Waals surface area contributed by atoms with Crippen molar-refractivity contribution in [2.75, 3.05) is 0 Å². The Labute approximate surface area is 103 Å². The topological polar surface area (TPSA) is 33.0 Å². The van der Waals surface area contributed by atoms with Gasteiger partial charge in [0.05, 0.1) is 18.6 Å². The van der Waals surface area contributed by atoms with Crippen molar-refractivity contribution in [3.05, 3.63) is 34.9 Å². The van der Waals surface area contributed by atoms with Crippen LogP contribution < -0.4 is 0 Å². The van der Waals surface area contributed by atoms with E-state index in [1.165, 1.54) is 0 Å². The predicted octanol–water partition coefficient (Wildman–Crippen LogP) is 4.15. The summed E-state index contributed by atoms with van der Waals surface area (Å²) in [6.07, 6.45) is 0.250. The van der Waals surface area contributed by atoms with Crippen LogP contribution in [0.3, 0.4) is 0 Å². The number of hydrogen-bond acceptors (Lipinski definition) is 2. The van der Waals surface area contributed by atoms with Crippen LogP contribution in [0.2, 0.25) is 24.7 Å². The lowest BCUT2D eigenvalue weighted by molar-refractivity contribution is 0.203. The van der Waals surface area contributed by atoms with Crippen molar-refractivity contribution in [2.45, 2.75) is 32.2 Å². The molecule has 1 atom stereocenters. The molecule has 0 fully saturated rings. The first-order valence-corrected chi connectivity index (χ1v) is 9.01. The van der Waals surface area contributed by atoms with Crippen LogP contribution in [0, 0.1) is 11.3 Å². The zero-order valence-electron chi connectivity index (χ0n) is 9.83. The molecule has 0 amide bonds. The Bertz CT molecular complexity index is 377. The van der Waals surface area contributed by atoms with Gasteiger partial charge in [0, 0.05) is 5.02 Å². The summed E-state index contributed by atoms with van der Waals surface area (Å²) in [6, 6.07) is 9.67. The third-order valence-corrected chi connectivity index (χ3v) is 3.26. The SMILES string of the molecule is C[Si](C)(C)O[C@@H](CC#N)c1ccc(Cl)cc1. The van der Waals surface area contributed by atoms with Crippen molar-refractivity contribution < 1.29 is 4.43 Å². The Kier molecular flexibility index (Phi) is 4.54. The normalized spacial score (nSPS) is 13.2. The van der Waals surface area contributed by atoms with E-state index in [1.54, 1.807) is 0 Å². The third kappa shape index (κ3) is 4.36. The molecule has 1 rings (SSSR count). The minimum Gasteiger partial charge on any atom is -0.410 e. The first kappa shape index (κ1) is 13.2. The molecule has 0 unspecified atom stereocenters. The zero-order chi connectivity index (χ0) is 12.2. The van der Waals surface area contributed by atoms with Gasteiger partial charge in [0.1, 0.15) is 0 Å². The van der Waals surface area contributed by atoms with Crippen LogP contribution in [0.25, 0.3) is 0 Å². The number of hydrogen-bond donors (Lipinski definition) is 0. The van der Waals surface area contributed by atoms with Crippen LogP contribution in [-0.4, -0.2) is 8.32 Å². The van der Waals surface area contributed by atoms with E-state index in [1.807, 2.05) is 24.3 Å². The molecule has 0 saturated carbocycles. The highest BCUT2D eigenvalue weighted by molar-refractivity contribution is 6.69. The molecule has 0 aliphatic rings. The Hall–Kier alpha value is -0.823. The van der Waals surface area contributed by atoms with Gasteiger partial charge in [-0.15, -0.1) is 0 Å². The molecule has 0 saturated heterocycles. The molecule has 16 heavy (non-hydrogen) atoms. The quantitative estimate of drug-likeness (QED) is 0.756. The van der Waals surface area contributed by atoms with Gasteiger partial charge < -0.3 is 4.43 Å². The zero-order valence-corrected chi connectivity index (χ0v) is 11.6. The number of nitriles is 1. The van der Waals surface area contributed by atoms with Crippen molar-refractivity contribution in [3.63, 3.8) is 0 Å². The summed E-state index contributed by atoms with van der Waals surface area (Å²) in [5.74, 6) is 0. The summed E-state index contributed by atoms with van der Waals surface area (Å²) in [5.41, 5.74) is 1.02. The van der Waals surface area contributed by atoms with E-state index >= 15 is 0 Å². The molecule has 4 heteroatoms. The van der Waals surface area contributed by atoms with Crippen molar-refractivity contribution in [3.8, 4) is 6.07 Å². The monoisotopic (exact) mass is 253 g/mol. The molecule has 0 radical (unpaired) electrons. The highest BCUT2D eigenvalue weighted by atomic mass is 35.5. The maximum atomic E-state index is 8.81. The molecule has 0 bridgehead atoms. The van der Waals surface area contributed by atoms with E-state index in [9.17, 15) is 0 Å². The molecule has 0 N–H and O–H groups in total. The number of rotatable bonds is 4. The highest BCUT2D eigenvalue weighted by Gasteiger charge is 2.22. The van der Waals surface area contributed by atoms with E-state index in [2.05, 4.69) is 25.7 Å². The molecule has 0 aliphatic carbocycles. The van der Waals surface area contributed by atoms with Crippen molar-refractivity contribution in [1.82, 2.24) is 0 Å². The van der Waals surface area contributed by atoms with Crippen LogP contribution in [0.1, 0.15) is 18.1 Å². The molecule has 0 aliphatic heterocycles. The van der Waals surface area contributed by atoms with Crippen LogP contribution in [0.5, 0.6) is 0 Å². The molecule has 86 valence electrons.